The SMILES string of the molecule is Cn1cnc2cc(CCCC(=O)NC(C)(C)C(=O)O)ccc21. The highest BCUT2D eigenvalue weighted by molar-refractivity contribution is 5.86. The van der Waals surface area contributed by atoms with Gasteiger partial charge in [-0.1, -0.05) is 6.07 Å². The fourth-order valence-electron chi connectivity index (χ4n) is 2.25. The number of nitrogens with zero attached hydrogens (tertiary/aromatic N) is 2. The van der Waals surface area contributed by atoms with Gasteiger partial charge in [0.05, 0.1) is 17.4 Å². The summed E-state index contributed by atoms with van der Waals surface area (Å²) in [5.41, 5.74) is 1.90. The lowest BCUT2D eigenvalue weighted by molar-refractivity contribution is -0.146. The van der Waals surface area contributed by atoms with E-state index in [-0.39, 0.29) is 5.91 Å². The molecule has 2 N–H and O–H groups in total. The van der Waals surface area contributed by atoms with Crippen LogP contribution in [0.5, 0.6) is 0 Å². The van der Waals surface area contributed by atoms with Crippen LogP contribution in [0.4, 0.5) is 0 Å². The number of carboxylic acids is 1. The molecule has 0 atom stereocenters. The minimum absolute atomic E-state index is 0.244. The number of aryl methyl sites for hydroxylation is 2. The number of hydrogen-bond acceptors (Lipinski definition) is 3. The molecule has 0 unspecified atom stereocenters. The van der Waals surface area contributed by atoms with Gasteiger partial charge in [0.25, 0.3) is 0 Å². The first-order valence-electron chi connectivity index (χ1n) is 7.24. The van der Waals surface area contributed by atoms with Crippen LogP contribution in [0, 0.1) is 0 Å². The molecule has 6 heteroatoms. The summed E-state index contributed by atoms with van der Waals surface area (Å²) < 4.78 is 1.96. The van der Waals surface area contributed by atoms with Crippen molar-refractivity contribution in [1.29, 1.82) is 0 Å². The second kappa shape index (κ2) is 6.17. The number of nitrogens with one attached hydrogen (secondary N) is 1. The zero-order valence-electron chi connectivity index (χ0n) is 13.1. The third kappa shape index (κ3) is 3.63. The Bertz CT molecular complexity index is 704. The summed E-state index contributed by atoms with van der Waals surface area (Å²) >= 11 is 0. The van der Waals surface area contributed by atoms with Gasteiger partial charge >= 0.3 is 5.97 Å². The maximum Gasteiger partial charge on any atom is 0.328 e. The van der Waals surface area contributed by atoms with Crippen molar-refractivity contribution in [3.8, 4) is 0 Å². The van der Waals surface area contributed by atoms with E-state index in [4.69, 9.17) is 5.11 Å². The molecule has 0 aliphatic rings. The van der Waals surface area contributed by atoms with Crippen LogP contribution >= 0.6 is 0 Å². The quantitative estimate of drug-likeness (QED) is 0.853. The van der Waals surface area contributed by atoms with Gasteiger partial charge in [-0.15, -0.1) is 0 Å². The molecule has 2 rings (SSSR count). The number of hydrogen-bond donors (Lipinski definition) is 2. The van der Waals surface area contributed by atoms with Crippen molar-refractivity contribution in [2.45, 2.75) is 38.6 Å². The van der Waals surface area contributed by atoms with Crippen LogP contribution in [0.15, 0.2) is 24.5 Å². The van der Waals surface area contributed by atoms with E-state index in [1.165, 1.54) is 13.8 Å². The van der Waals surface area contributed by atoms with Crippen molar-refractivity contribution in [3.05, 3.63) is 30.1 Å². The third-order valence-corrected chi connectivity index (χ3v) is 3.65. The molecule has 0 saturated heterocycles. The summed E-state index contributed by atoms with van der Waals surface area (Å²) in [5.74, 6) is -1.28. The number of carbonyl (C=O) groups excluding carboxylic acids is 1. The maximum absolute atomic E-state index is 11.8. The van der Waals surface area contributed by atoms with E-state index in [9.17, 15) is 9.59 Å². The number of aliphatic carboxylic acids is 1. The van der Waals surface area contributed by atoms with Crippen LogP contribution in [0.25, 0.3) is 11.0 Å². The van der Waals surface area contributed by atoms with Gasteiger partial charge in [-0.05, 0) is 44.4 Å². The molecule has 1 aromatic heterocycles. The zero-order valence-corrected chi connectivity index (χ0v) is 13.1. The first-order valence-corrected chi connectivity index (χ1v) is 7.24. The van der Waals surface area contributed by atoms with Crippen molar-refractivity contribution in [2.75, 3.05) is 0 Å². The lowest BCUT2D eigenvalue weighted by Crippen LogP contribution is -2.49. The number of carbonyl (C=O) groups is 2. The molecule has 0 fully saturated rings. The van der Waals surface area contributed by atoms with Gasteiger partial charge in [-0.3, -0.25) is 4.79 Å². The monoisotopic (exact) mass is 303 g/mol. The average Bonchev–Trinajstić information content (AvgIpc) is 2.79. The van der Waals surface area contributed by atoms with Crippen LogP contribution in [-0.2, 0) is 23.1 Å². The molecule has 0 aliphatic carbocycles. The number of benzene rings is 1. The van der Waals surface area contributed by atoms with Crippen molar-refractivity contribution in [2.24, 2.45) is 7.05 Å². The Hall–Kier alpha value is -2.37. The van der Waals surface area contributed by atoms with Crippen molar-refractivity contribution < 1.29 is 14.7 Å². The van der Waals surface area contributed by atoms with Crippen molar-refractivity contribution in [1.82, 2.24) is 14.9 Å². The highest BCUT2D eigenvalue weighted by Crippen LogP contribution is 2.15. The molecule has 1 heterocycles. The molecule has 1 aromatic carbocycles. The molecule has 1 amide bonds. The van der Waals surface area contributed by atoms with Crippen molar-refractivity contribution >= 4 is 22.9 Å². The molecule has 0 bridgehead atoms. The van der Waals surface area contributed by atoms with Gasteiger partial charge < -0.3 is 15.0 Å². The first kappa shape index (κ1) is 16.0. The Labute approximate surface area is 129 Å². The number of amides is 1. The molecule has 0 aliphatic heterocycles. The van der Waals surface area contributed by atoms with Crippen molar-refractivity contribution in [3.63, 3.8) is 0 Å². The Kier molecular flexibility index (Phi) is 4.49. The number of aromatic nitrogens is 2. The van der Waals surface area contributed by atoms with Crippen LogP contribution < -0.4 is 5.32 Å². The van der Waals surface area contributed by atoms with Gasteiger partial charge in [-0.2, -0.15) is 0 Å². The van der Waals surface area contributed by atoms with E-state index in [1.807, 2.05) is 29.8 Å². The minimum atomic E-state index is -1.23. The summed E-state index contributed by atoms with van der Waals surface area (Å²) in [7, 11) is 1.95. The summed E-state index contributed by atoms with van der Waals surface area (Å²) in [6, 6.07) is 6.07. The molecular weight excluding hydrogens is 282 g/mol. The molecular formula is C16H21N3O3. The van der Waals surface area contributed by atoms with Crippen LogP contribution in [0.1, 0.15) is 32.3 Å². The van der Waals surface area contributed by atoms with E-state index >= 15 is 0 Å². The molecule has 0 radical (unpaired) electrons. The van der Waals surface area contributed by atoms with E-state index in [1.54, 1.807) is 6.33 Å². The number of imidazole rings is 1. The molecule has 0 saturated carbocycles. The minimum Gasteiger partial charge on any atom is -0.480 e. The Morgan fingerprint density at radius 2 is 2.09 bits per heavy atom. The average molecular weight is 303 g/mol. The van der Waals surface area contributed by atoms with Crippen LogP contribution in [0.3, 0.4) is 0 Å². The van der Waals surface area contributed by atoms with E-state index < -0.39 is 11.5 Å². The predicted molar refractivity (Wildman–Crippen MR) is 83.5 cm³/mol. The van der Waals surface area contributed by atoms with Gasteiger partial charge in [0.1, 0.15) is 5.54 Å². The van der Waals surface area contributed by atoms with Crippen LogP contribution in [-0.4, -0.2) is 32.1 Å². The Morgan fingerprint density at radius 3 is 2.77 bits per heavy atom. The largest absolute Gasteiger partial charge is 0.480 e. The molecule has 6 nitrogen and oxygen atoms in total. The fourth-order valence-corrected chi connectivity index (χ4v) is 2.25. The van der Waals surface area contributed by atoms with Gasteiger partial charge in [0, 0.05) is 13.5 Å². The van der Waals surface area contributed by atoms with E-state index in [2.05, 4.69) is 10.3 Å². The smallest absolute Gasteiger partial charge is 0.328 e. The molecule has 118 valence electrons. The summed E-state index contributed by atoms with van der Waals surface area (Å²) in [5, 5.41) is 11.5. The summed E-state index contributed by atoms with van der Waals surface area (Å²) in [4.78, 5) is 27.0. The molecule has 22 heavy (non-hydrogen) atoms. The Balaban J connectivity index is 1.87. The zero-order chi connectivity index (χ0) is 16.3. The standard InChI is InChI=1S/C16H21N3O3/c1-16(2,15(21)22)18-14(20)6-4-5-11-7-8-13-12(9-11)17-10-19(13)3/h7-10H,4-6H2,1-3H3,(H,18,20)(H,21,22). The number of carboxylic acid groups (broad SMARTS) is 1. The normalized spacial score (nSPS) is 11.6. The van der Waals surface area contributed by atoms with Crippen LogP contribution in [0.2, 0.25) is 0 Å². The highest BCUT2D eigenvalue weighted by atomic mass is 16.4. The molecule has 0 spiro atoms. The van der Waals surface area contributed by atoms with Gasteiger partial charge in [0.15, 0.2) is 0 Å². The Morgan fingerprint density at radius 1 is 1.36 bits per heavy atom. The predicted octanol–water partition coefficient (Wildman–Crippen LogP) is 1.88. The summed E-state index contributed by atoms with van der Waals surface area (Å²) in [6.07, 6.45) is 3.50. The second-order valence-corrected chi connectivity index (χ2v) is 6.01. The first-order chi connectivity index (χ1) is 10.3. The summed E-state index contributed by atoms with van der Waals surface area (Å²) in [6.45, 7) is 2.95. The second-order valence-electron chi connectivity index (χ2n) is 6.01. The molecule has 2 aromatic rings. The fraction of sp³-hybridized carbons (Fsp3) is 0.438. The topological polar surface area (TPSA) is 84.2 Å². The third-order valence-electron chi connectivity index (χ3n) is 3.65. The number of fused-ring (bicyclic) bond motifs is 1. The van der Waals surface area contributed by atoms with Gasteiger partial charge in [-0.25, -0.2) is 9.78 Å². The lowest BCUT2D eigenvalue weighted by Gasteiger charge is -2.20. The van der Waals surface area contributed by atoms with E-state index in [0.717, 1.165) is 23.0 Å². The maximum atomic E-state index is 11.8. The van der Waals surface area contributed by atoms with Gasteiger partial charge in [0.2, 0.25) is 5.91 Å². The van der Waals surface area contributed by atoms with E-state index in [0.29, 0.717) is 12.8 Å². The number of rotatable bonds is 6. The highest BCUT2D eigenvalue weighted by Gasteiger charge is 2.28. The lowest BCUT2D eigenvalue weighted by atomic mass is 10.0.